The first-order valence-corrected chi connectivity index (χ1v) is 6.98. The van der Waals surface area contributed by atoms with E-state index in [1.54, 1.807) is 18.3 Å². The van der Waals surface area contributed by atoms with Gasteiger partial charge in [0.2, 0.25) is 0 Å². The average molecular weight is 343 g/mol. The van der Waals surface area contributed by atoms with Crippen molar-refractivity contribution in [3.05, 3.63) is 51.6 Å². The molecule has 0 radical (unpaired) electrons. The van der Waals surface area contributed by atoms with E-state index in [1.165, 1.54) is 11.8 Å². The molecule has 2 aromatic rings. The third-order valence-electron chi connectivity index (χ3n) is 2.16. The molecule has 0 saturated heterocycles. The van der Waals surface area contributed by atoms with Gasteiger partial charge < -0.3 is 5.73 Å². The zero-order valence-corrected chi connectivity index (χ0v) is 12.3. The van der Waals surface area contributed by atoms with Gasteiger partial charge in [-0.25, -0.2) is 4.98 Å². The molecule has 0 atom stereocenters. The quantitative estimate of drug-likeness (QED) is 0.656. The Hall–Kier alpha value is -1.04. The van der Waals surface area contributed by atoms with Crippen molar-refractivity contribution in [2.45, 2.75) is 9.92 Å². The van der Waals surface area contributed by atoms with Gasteiger partial charge in [-0.1, -0.05) is 29.4 Å². The smallest absolute Gasteiger partial charge is 0.122 e. The average Bonchev–Trinajstić information content (AvgIpc) is 2.34. The number of aromatic nitrogens is 1. The zero-order valence-electron chi connectivity index (χ0n) is 9.15. The molecule has 0 aliphatic rings. The van der Waals surface area contributed by atoms with Crippen molar-refractivity contribution in [3.8, 4) is 0 Å². The number of hydrogen-bond acceptors (Lipinski definition) is 3. The number of pyridine rings is 1. The number of nitrogens with two attached hydrogens (primary N) is 1. The summed E-state index contributed by atoms with van der Waals surface area (Å²) in [5.41, 5.74) is 6.02. The van der Waals surface area contributed by atoms with Crippen LogP contribution >= 0.6 is 39.3 Å². The third-order valence-corrected chi connectivity index (χ3v) is 4.08. The molecular weight excluding hydrogens is 334 g/mol. The highest BCUT2D eigenvalue weighted by molar-refractivity contribution is 9.10. The van der Waals surface area contributed by atoms with Crippen molar-refractivity contribution < 1.29 is 0 Å². The van der Waals surface area contributed by atoms with Gasteiger partial charge in [-0.05, 0) is 40.2 Å². The molecular formula is C12H9BrClN3S. The maximum Gasteiger partial charge on any atom is 0.122 e. The van der Waals surface area contributed by atoms with Crippen LogP contribution in [0.15, 0.2) is 50.9 Å². The Bertz CT molecular complexity index is 586. The molecule has 0 spiro atoms. The lowest BCUT2D eigenvalue weighted by molar-refractivity contribution is 1.12. The molecule has 2 rings (SSSR count). The first kappa shape index (κ1) is 13.4. The van der Waals surface area contributed by atoms with Gasteiger partial charge in [-0.3, -0.25) is 5.41 Å². The summed E-state index contributed by atoms with van der Waals surface area (Å²) in [6.45, 7) is 0. The van der Waals surface area contributed by atoms with E-state index in [0.717, 1.165) is 14.4 Å². The van der Waals surface area contributed by atoms with Crippen molar-refractivity contribution in [1.29, 1.82) is 5.41 Å². The number of hydrogen-bond donors (Lipinski definition) is 2. The topological polar surface area (TPSA) is 62.8 Å². The van der Waals surface area contributed by atoms with Crippen molar-refractivity contribution in [1.82, 2.24) is 4.98 Å². The van der Waals surface area contributed by atoms with Crippen LogP contribution in [0.3, 0.4) is 0 Å². The number of benzene rings is 1. The van der Waals surface area contributed by atoms with Crippen LogP contribution in [-0.4, -0.2) is 10.8 Å². The van der Waals surface area contributed by atoms with E-state index in [9.17, 15) is 0 Å². The minimum Gasteiger partial charge on any atom is -0.384 e. The van der Waals surface area contributed by atoms with E-state index < -0.39 is 0 Å². The molecule has 0 bridgehead atoms. The summed E-state index contributed by atoms with van der Waals surface area (Å²) < 4.78 is 0.935. The number of nitrogens with zero attached hydrogens (tertiary/aromatic N) is 1. The summed E-state index contributed by atoms with van der Waals surface area (Å²) in [5.74, 6) is 0.00946. The molecule has 0 amide bonds. The van der Waals surface area contributed by atoms with Crippen LogP contribution in [0.1, 0.15) is 5.56 Å². The Balaban J connectivity index is 2.24. The molecule has 3 nitrogen and oxygen atoms in total. The molecule has 1 aromatic carbocycles. The number of nitrogen functional groups attached to an aromatic ring is 1. The summed E-state index contributed by atoms with van der Waals surface area (Å²) in [4.78, 5) is 5.15. The van der Waals surface area contributed by atoms with E-state index in [2.05, 4.69) is 20.9 Å². The van der Waals surface area contributed by atoms with Gasteiger partial charge in [0.05, 0.1) is 5.02 Å². The van der Waals surface area contributed by atoms with Gasteiger partial charge in [-0.2, -0.15) is 0 Å². The summed E-state index contributed by atoms with van der Waals surface area (Å²) in [5, 5.41) is 8.77. The standard InChI is InChI=1S/C12H9BrClN3S/c13-8-2-4-11(17-6-8)18-10-3-1-7(12(15)16)5-9(10)14/h1-6H,(H3,15,16). The van der Waals surface area contributed by atoms with Crippen LogP contribution in [-0.2, 0) is 0 Å². The summed E-state index contributed by atoms with van der Waals surface area (Å²) in [7, 11) is 0. The highest BCUT2D eigenvalue weighted by atomic mass is 79.9. The molecule has 3 N–H and O–H groups in total. The fraction of sp³-hybridized carbons (Fsp3) is 0. The molecule has 0 saturated carbocycles. The minimum absolute atomic E-state index is 0.00946. The van der Waals surface area contributed by atoms with E-state index in [0.29, 0.717) is 10.6 Å². The molecule has 1 aromatic heterocycles. The maximum atomic E-state index is 7.34. The lowest BCUT2D eigenvalue weighted by atomic mass is 10.2. The molecule has 1 heterocycles. The zero-order chi connectivity index (χ0) is 13.1. The Morgan fingerprint density at radius 1 is 1.33 bits per heavy atom. The Kier molecular flexibility index (Phi) is 4.27. The Morgan fingerprint density at radius 3 is 2.67 bits per heavy atom. The minimum atomic E-state index is 0.00946. The van der Waals surface area contributed by atoms with E-state index >= 15 is 0 Å². The predicted octanol–water partition coefficient (Wildman–Crippen LogP) is 3.93. The second kappa shape index (κ2) is 5.73. The molecule has 6 heteroatoms. The molecule has 0 aliphatic carbocycles. The predicted molar refractivity (Wildman–Crippen MR) is 78.5 cm³/mol. The van der Waals surface area contributed by atoms with Gasteiger partial charge in [-0.15, -0.1) is 0 Å². The van der Waals surface area contributed by atoms with Gasteiger partial charge in [0.15, 0.2) is 0 Å². The summed E-state index contributed by atoms with van der Waals surface area (Å²) >= 11 is 10.9. The first-order chi connectivity index (χ1) is 8.56. The molecule has 92 valence electrons. The number of halogens is 2. The Labute approximate surface area is 122 Å². The summed E-state index contributed by atoms with van der Waals surface area (Å²) in [6, 6.07) is 9.13. The van der Waals surface area contributed by atoms with E-state index in [4.69, 9.17) is 22.7 Å². The van der Waals surface area contributed by atoms with Crippen molar-refractivity contribution in [2.24, 2.45) is 5.73 Å². The van der Waals surface area contributed by atoms with Crippen molar-refractivity contribution in [3.63, 3.8) is 0 Å². The molecule has 0 fully saturated rings. The van der Waals surface area contributed by atoms with E-state index in [1.807, 2.05) is 18.2 Å². The fourth-order valence-electron chi connectivity index (χ4n) is 1.29. The van der Waals surface area contributed by atoms with Crippen LogP contribution in [0, 0.1) is 5.41 Å². The lowest BCUT2D eigenvalue weighted by Crippen LogP contribution is -2.10. The number of nitrogens with one attached hydrogen (secondary N) is 1. The van der Waals surface area contributed by atoms with Crippen LogP contribution in [0.2, 0.25) is 5.02 Å². The highest BCUT2D eigenvalue weighted by Gasteiger charge is 2.06. The van der Waals surface area contributed by atoms with Crippen LogP contribution in [0.5, 0.6) is 0 Å². The van der Waals surface area contributed by atoms with E-state index in [-0.39, 0.29) is 5.84 Å². The van der Waals surface area contributed by atoms with Crippen molar-refractivity contribution >= 4 is 45.1 Å². The van der Waals surface area contributed by atoms with Gasteiger partial charge >= 0.3 is 0 Å². The highest BCUT2D eigenvalue weighted by Crippen LogP contribution is 2.32. The maximum absolute atomic E-state index is 7.34. The second-order valence-electron chi connectivity index (χ2n) is 3.48. The lowest BCUT2D eigenvalue weighted by Gasteiger charge is -2.05. The van der Waals surface area contributed by atoms with Crippen LogP contribution in [0.4, 0.5) is 0 Å². The summed E-state index contributed by atoms with van der Waals surface area (Å²) in [6.07, 6.45) is 1.74. The van der Waals surface area contributed by atoms with Crippen molar-refractivity contribution in [2.75, 3.05) is 0 Å². The fourth-order valence-corrected chi connectivity index (χ4v) is 2.58. The second-order valence-corrected chi connectivity index (χ2v) is 5.86. The molecule has 0 unspecified atom stereocenters. The van der Waals surface area contributed by atoms with Gasteiger partial charge in [0.1, 0.15) is 10.9 Å². The number of amidine groups is 1. The molecule has 0 aliphatic heterocycles. The normalized spacial score (nSPS) is 10.3. The van der Waals surface area contributed by atoms with Gasteiger partial charge in [0.25, 0.3) is 0 Å². The monoisotopic (exact) mass is 341 g/mol. The molecule has 18 heavy (non-hydrogen) atoms. The Morgan fingerprint density at radius 2 is 2.11 bits per heavy atom. The largest absolute Gasteiger partial charge is 0.384 e. The number of rotatable bonds is 3. The third kappa shape index (κ3) is 3.25. The first-order valence-electron chi connectivity index (χ1n) is 4.99. The van der Waals surface area contributed by atoms with Crippen LogP contribution < -0.4 is 5.73 Å². The van der Waals surface area contributed by atoms with Gasteiger partial charge in [0, 0.05) is 21.1 Å². The van der Waals surface area contributed by atoms with Crippen LogP contribution in [0.25, 0.3) is 0 Å². The SMILES string of the molecule is N=C(N)c1ccc(Sc2ccc(Br)cn2)c(Cl)c1.